The number of hydrogen-bond acceptors (Lipinski definition) is 4. The lowest BCUT2D eigenvalue weighted by Gasteiger charge is -2.22. The Labute approximate surface area is 146 Å². The van der Waals surface area contributed by atoms with Crippen LogP contribution in [0.5, 0.6) is 6.01 Å². The third kappa shape index (κ3) is 4.59. The number of alkyl halides is 3. The van der Waals surface area contributed by atoms with Gasteiger partial charge in [0, 0.05) is 23.4 Å². The van der Waals surface area contributed by atoms with Crippen molar-refractivity contribution >= 4 is 27.4 Å². The molecule has 24 heavy (non-hydrogen) atoms. The van der Waals surface area contributed by atoms with Crippen LogP contribution in [0.2, 0.25) is 0 Å². The van der Waals surface area contributed by atoms with E-state index in [1.807, 2.05) is 6.92 Å². The van der Waals surface area contributed by atoms with E-state index in [0.29, 0.717) is 12.3 Å². The lowest BCUT2D eigenvalue weighted by Crippen LogP contribution is -2.19. The van der Waals surface area contributed by atoms with Crippen molar-refractivity contribution in [2.45, 2.75) is 25.9 Å². The lowest BCUT2D eigenvalue weighted by atomic mass is 10.2. The van der Waals surface area contributed by atoms with Crippen LogP contribution in [0.25, 0.3) is 0 Å². The zero-order chi connectivity index (χ0) is 17.7. The van der Waals surface area contributed by atoms with Crippen molar-refractivity contribution in [2.75, 3.05) is 18.6 Å². The maximum atomic E-state index is 13.3. The molecule has 0 saturated heterocycles. The molecule has 0 fully saturated rings. The molecule has 0 bridgehead atoms. The Hall–Kier alpha value is -1.83. The summed E-state index contributed by atoms with van der Waals surface area (Å²) in [6.45, 7) is 2.35. The number of anilines is 2. The maximum absolute atomic E-state index is 13.3. The summed E-state index contributed by atoms with van der Waals surface area (Å²) in [5.74, 6) is -0.248. The van der Waals surface area contributed by atoms with Crippen LogP contribution in [0, 0.1) is 0 Å². The van der Waals surface area contributed by atoms with Gasteiger partial charge in [-0.1, -0.05) is 35.3 Å². The van der Waals surface area contributed by atoms with Gasteiger partial charge in [-0.2, -0.15) is 18.2 Å². The molecule has 0 N–H and O–H groups in total. The summed E-state index contributed by atoms with van der Waals surface area (Å²) in [5, 5.41) is 0. The number of ether oxygens (including phenoxy) is 1. The Morgan fingerprint density at radius 3 is 2.67 bits per heavy atom. The molecule has 130 valence electrons. The van der Waals surface area contributed by atoms with Crippen LogP contribution < -0.4 is 9.64 Å². The SMILES string of the molecule is CCCCOc1ncc(C(F)(F)F)c(N(C)c2cccc(Br)c2)n1. The molecule has 0 spiro atoms. The second-order valence-electron chi connectivity index (χ2n) is 5.13. The molecule has 0 radical (unpaired) electrons. The normalized spacial score (nSPS) is 11.4. The van der Waals surface area contributed by atoms with Crippen LogP contribution in [-0.4, -0.2) is 23.6 Å². The standard InChI is InChI=1S/C16H17BrF3N3O/c1-3-4-8-24-15-21-10-13(16(18,19)20)14(22-15)23(2)12-7-5-6-11(17)9-12/h5-7,9-10H,3-4,8H2,1-2H3. The fourth-order valence-corrected chi connectivity index (χ4v) is 2.38. The largest absolute Gasteiger partial charge is 0.463 e. The molecule has 0 amide bonds. The minimum absolute atomic E-state index is 0.0618. The number of halogens is 4. The van der Waals surface area contributed by atoms with Gasteiger partial charge in [0.2, 0.25) is 0 Å². The predicted octanol–water partition coefficient (Wildman–Crippen LogP) is 5.20. The second kappa shape index (κ2) is 7.83. The molecule has 0 aliphatic carbocycles. The van der Waals surface area contributed by atoms with Crippen LogP contribution >= 0.6 is 15.9 Å². The van der Waals surface area contributed by atoms with Crippen LogP contribution in [-0.2, 0) is 6.18 Å². The summed E-state index contributed by atoms with van der Waals surface area (Å²) in [5.41, 5.74) is -0.346. The van der Waals surface area contributed by atoms with Gasteiger partial charge >= 0.3 is 12.2 Å². The van der Waals surface area contributed by atoms with Gasteiger partial charge in [0.1, 0.15) is 5.56 Å². The first kappa shape index (κ1) is 18.5. The molecule has 1 aromatic heterocycles. The van der Waals surface area contributed by atoms with Gasteiger partial charge in [-0.3, -0.25) is 0 Å². The van der Waals surface area contributed by atoms with Gasteiger partial charge in [-0.15, -0.1) is 0 Å². The maximum Gasteiger partial charge on any atom is 0.421 e. The van der Waals surface area contributed by atoms with E-state index in [0.717, 1.165) is 23.5 Å². The molecular formula is C16H17BrF3N3O. The smallest absolute Gasteiger partial charge is 0.421 e. The van der Waals surface area contributed by atoms with Gasteiger partial charge in [-0.25, -0.2) is 4.98 Å². The number of nitrogens with zero attached hydrogens (tertiary/aromatic N) is 3. The molecule has 2 aromatic rings. The highest BCUT2D eigenvalue weighted by molar-refractivity contribution is 9.10. The molecular weight excluding hydrogens is 387 g/mol. The Morgan fingerprint density at radius 1 is 1.29 bits per heavy atom. The van der Waals surface area contributed by atoms with E-state index in [9.17, 15) is 13.2 Å². The molecule has 0 unspecified atom stereocenters. The van der Waals surface area contributed by atoms with Gasteiger partial charge < -0.3 is 9.64 Å². The Morgan fingerprint density at radius 2 is 2.04 bits per heavy atom. The van der Waals surface area contributed by atoms with Crippen molar-refractivity contribution < 1.29 is 17.9 Å². The summed E-state index contributed by atoms with van der Waals surface area (Å²) >= 11 is 3.31. The van der Waals surface area contributed by atoms with Gasteiger partial charge in [0.25, 0.3) is 0 Å². The molecule has 1 heterocycles. The molecule has 0 aliphatic heterocycles. The number of rotatable bonds is 6. The Balaban J connectivity index is 2.41. The fraction of sp³-hybridized carbons (Fsp3) is 0.375. The molecule has 1 aromatic carbocycles. The Kier molecular flexibility index (Phi) is 6.04. The second-order valence-corrected chi connectivity index (χ2v) is 6.04. The average molecular weight is 404 g/mol. The highest BCUT2D eigenvalue weighted by Crippen LogP contribution is 2.38. The highest BCUT2D eigenvalue weighted by atomic mass is 79.9. The lowest BCUT2D eigenvalue weighted by molar-refractivity contribution is -0.137. The third-order valence-electron chi connectivity index (χ3n) is 3.29. The van der Waals surface area contributed by atoms with Crippen molar-refractivity contribution in [1.82, 2.24) is 9.97 Å². The summed E-state index contributed by atoms with van der Waals surface area (Å²) < 4.78 is 46.0. The quantitative estimate of drug-likeness (QED) is 0.620. The Bertz CT molecular complexity index is 695. The average Bonchev–Trinajstić information content (AvgIpc) is 2.53. The minimum atomic E-state index is -4.56. The van der Waals surface area contributed by atoms with Crippen molar-refractivity contribution in [3.05, 3.63) is 40.5 Å². The molecule has 0 atom stereocenters. The fourth-order valence-electron chi connectivity index (χ4n) is 2.00. The summed E-state index contributed by atoms with van der Waals surface area (Å²) in [4.78, 5) is 9.02. The first-order chi connectivity index (χ1) is 11.3. The van der Waals surface area contributed by atoms with E-state index in [1.165, 1.54) is 11.9 Å². The van der Waals surface area contributed by atoms with Gasteiger partial charge in [0.05, 0.1) is 6.61 Å². The van der Waals surface area contributed by atoms with Crippen LogP contribution in [0.15, 0.2) is 34.9 Å². The topological polar surface area (TPSA) is 38.2 Å². The molecule has 0 saturated carbocycles. The monoisotopic (exact) mass is 403 g/mol. The predicted molar refractivity (Wildman–Crippen MR) is 89.6 cm³/mol. The van der Waals surface area contributed by atoms with Crippen molar-refractivity contribution in [1.29, 1.82) is 0 Å². The van der Waals surface area contributed by atoms with E-state index in [-0.39, 0.29) is 11.8 Å². The third-order valence-corrected chi connectivity index (χ3v) is 3.79. The summed E-state index contributed by atoms with van der Waals surface area (Å²) in [6.07, 6.45) is -2.11. The number of unbranched alkanes of at least 4 members (excludes halogenated alkanes) is 1. The van der Waals surface area contributed by atoms with E-state index in [4.69, 9.17) is 4.74 Å². The van der Waals surface area contributed by atoms with Crippen molar-refractivity contribution in [3.63, 3.8) is 0 Å². The first-order valence-electron chi connectivity index (χ1n) is 7.39. The number of benzene rings is 1. The molecule has 0 aliphatic rings. The zero-order valence-corrected chi connectivity index (χ0v) is 14.9. The van der Waals surface area contributed by atoms with E-state index < -0.39 is 11.7 Å². The van der Waals surface area contributed by atoms with Gasteiger partial charge in [0.15, 0.2) is 5.82 Å². The highest BCUT2D eigenvalue weighted by Gasteiger charge is 2.36. The van der Waals surface area contributed by atoms with Crippen LogP contribution in [0.4, 0.5) is 24.7 Å². The van der Waals surface area contributed by atoms with E-state index >= 15 is 0 Å². The van der Waals surface area contributed by atoms with Crippen LogP contribution in [0.1, 0.15) is 25.3 Å². The zero-order valence-electron chi connectivity index (χ0n) is 13.3. The minimum Gasteiger partial charge on any atom is -0.463 e. The summed E-state index contributed by atoms with van der Waals surface area (Å²) in [6, 6.07) is 6.88. The van der Waals surface area contributed by atoms with E-state index in [1.54, 1.807) is 24.3 Å². The van der Waals surface area contributed by atoms with Crippen LogP contribution in [0.3, 0.4) is 0 Å². The van der Waals surface area contributed by atoms with Crippen molar-refractivity contribution in [2.24, 2.45) is 0 Å². The molecule has 4 nitrogen and oxygen atoms in total. The molecule has 8 heteroatoms. The van der Waals surface area contributed by atoms with E-state index in [2.05, 4.69) is 25.9 Å². The number of hydrogen-bond donors (Lipinski definition) is 0. The summed E-state index contributed by atoms with van der Waals surface area (Å²) in [7, 11) is 1.52. The first-order valence-corrected chi connectivity index (χ1v) is 8.18. The van der Waals surface area contributed by atoms with Crippen molar-refractivity contribution in [3.8, 4) is 6.01 Å². The van der Waals surface area contributed by atoms with Gasteiger partial charge in [-0.05, 0) is 24.6 Å². The molecule has 2 rings (SSSR count). The number of aromatic nitrogens is 2.